The Bertz CT molecular complexity index is 620. The van der Waals surface area contributed by atoms with Gasteiger partial charge < -0.3 is 9.84 Å². The highest BCUT2D eigenvalue weighted by atomic mass is 32.1. The minimum absolute atomic E-state index is 0.268. The van der Waals surface area contributed by atoms with Crippen LogP contribution in [0, 0.1) is 5.92 Å². The first-order valence-electron chi connectivity index (χ1n) is 7.09. The normalized spacial score (nSPS) is 28.1. The molecule has 0 spiro atoms. The van der Waals surface area contributed by atoms with Gasteiger partial charge in [0.05, 0.1) is 9.75 Å². The van der Waals surface area contributed by atoms with Crippen LogP contribution in [0.3, 0.4) is 0 Å². The van der Waals surface area contributed by atoms with E-state index in [9.17, 15) is 4.79 Å². The summed E-state index contributed by atoms with van der Waals surface area (Å²) in [6.07, 6.45) is 5.91. The SMILES string of the molecule is O=C(CC1CC2CCC1N2)c1ccc(-c2ccon2)s1. The second-order valence-electron chi connectivity index (χ2n) is 5.72. The van der Waals surface area contributed by atoms with Crippen molar-refractivity contribution in [3.63, 3.8) is 0 Å². The van der Waals surface area contributed by atoms with E-state index in [2.05, 4.69) is 10.5 Å². The van der Waals surface area contributed by atoms with Crippen LogP contribution in [0.2, 0.25) is 0 Å². The van der Waals surface area contributed by atoms with E-state index < -0.39 is 0 Å². The van der Waals surface area contributed by atoms with Crippen LogP contribution >= 0.6 is 11.3 Å². The predicted molar refractivity (Wildman–Crippen MR) is 76.8 cm³/mol. The maximum absolute atomic E-state index is 12.4. The number of nitrogens with zero attached hydrogens (tertiary/aromatic N) is 1. The molecule has 2 bridgehead atoms. The topological polar surface area (TPSA) is 55.1 Å². The van der Waals surface area contributed by atoms with Gasteiger partial charge >= 0.3 is 0 Å². The Morgan fingerprint density at radius 1 is 1.40 bits per heavy atom. The van der Waals surface area contributed by atoms with Gasteiger partial charge in [-0.05, 0) is 37.3 Å². The van der Waals surface area contributed by atoms with Gasteiger partial charge in [0.1, 0.15) is 12.0 Å². The molecule has 2 aliphatic rings. The number of thiophene rings is 1. The fourth-order valence-corrected chi connectivity index (χ4v) is 4.38. The number of fused-ring (bicyclic) bond motifs is 2. The van der Waals surface area contributed by atoms with Gasteiger partial charge in [-0.15, -0.1) is 11.3 Å². The molecule has 0 radical (unpaired) electrons. The van der Waals surface area contributed by atoms with Crippen molar-refractivity contribution in [2.75, 3.05) is 0 Å². The zero-order valence-electron chi connectivity index (χ0n) is 11.0. The van der Waals surface area contributed by atoms with Gasteiger partial charge in [0.25, 0.3) is 0 Å². The van der Waals surface area contributed by atoms with Crippen molar-refractivity contribution < 1.29 is 9.32 Å². The van der Waals surface area contributed by atoms with Crippen LogP contribution in [0.5, 0.6) is 0 Å². The third-order valence-corrected chi connectivity index (χ3v) is 5.60. The molecule has 3 atom stereocenters. The Hall–Kier alpha value is -1.46. The number of Topliss-reactive ketones (excluding diaryl/α,β-unsaturated/α-hetero) is 1. The summed E-state index contributed by atoms with van der Waals surface area (Å²) in [5.41, 5.74) is 0.802. The van der Waals surface area contributed by atoms with Crippen molar-refractivity contribution in [1.82, 2.24) is 10.5 Å². The summed E-state index contributed by atoms with van der Waals surface area (Å²) in [4.78, 5) is 14.2. The van der Waals surface area contributed by atoms with Crippen LogP contribution < -0.4 is 5.32 Å². The summed E-state index contributed by atoms with van der Waals surface area (Å²) in [5, 5.41) is 7.50. The molecule has 104 valence electrons. The Morgan fingerprint density at radius 3 is 3.05 bits per heavy atom. The van der Waals surface area contributed by atoms with Gasteiger partial charge in [-0.3, -0.25) is 4.79 Å². The molecule has 2 aliphatic heterocycles. The van der Waals surface area contributed by atoms with Crippen molar-refractivity contribution in [3.8, 4) is 10.6 Å². The van der Waals surface area contributed by atoms with Gasteiger partial charge in [-0.25, -0.2) is 0 Å². The third-order valence-electron chi connectivity index (χ3n) is 4.45. The van der Waals surface area contributed by atoms with Crippen molar-refractivity contribution in [2.45, 2.75) is 37.8 Å². The minimum Gasteiger partial charge on any atom is -0.364 e. The highest BCUT2D eigenvalue weighted by Crippen LogP contribution is 2.36. The van der Waals surface area contributed by atoms with Crippen molar-refractivity contribution in [2.24, 2.45) is 5.92 Å². The summed E-state index contributed by atoms with van der Waals surface area (Å²) in [6.45, 7) is 0. The first-order valence-corrected chi connectivity index (χ1v) is 7.91. The molecule has 1 N–H and O–H groups in total. The molecule has 0 aliphatic carbocycles. The molecule has 0 saturated carbocycles. The molecular weight excluding hydrogens is 272 g/mol. The summed E-state index contributed by atoms with van der Waals surface area (Å²) in [7, 11) is 0. The minimum atomic E-state index is 0.268. The van der Waals surface area contributed by atoms with Crippen molar-refractivity contribution >= 4 is 17.1 Å². The number of carbonyl (C=O) groups is 1. The number of hydrogen-bond donors (Lipinski definition) is 1. The van der Waals surface area contributed by atoms with Gasteiger partial charge in [0, 0.05) is 24.6 Å². The Balaban J connectivity index is 1.46. The first-order chi connectivity index (χ1) is 9.79. The largest absolute Gasteiger partial charge is 0.364 e. The summed E-state index contributed by atoms with van der Waals surface area (Å²) < 4.78 is 4.84. The number of ketones is 1. The van der Waals surface area contributed by atoms with Crippen LogP contribution in [-0.2, 0) is 0 Å². The summed E-state index contributed by atoms with van der Waals surface area (Å²) >= 11 is 1.51. The van der Waals surface area contributed by atoms with Crippen LogP contribution in [0.1, 0.15) is 35.4 Å². The molecule has 4 nitrogen and oxygen atoms in total. The second kappa shape index (κ2) is 4.82. The highest BCUT2D eigenvalue weighted by Gasteiger charge is 2.39. The van der Waals surface area contributed by atoms with E-state index in [0.29, 0.717) is 24.4 Å². The molecule has 0 aromatic carbocycles. The Labute approximate surface area is 121 Å². The fourth-order valence-electron chi connectivity index (χ4n) is 3.47. The van der Waals surface area contributed by atoms with Gasteiger partial charge in [0.15, 0.2) is 5.78 Å². The van der Waals surface area contributed by atoms with E-state index in [1.807, 2.05) is 18.2 Å². The van der Waals surface area contributed by atoms with Gasteiger partial charge in [-0.2, -0.15) is 0 Å². The summed E-state index contributed by atoms with van der Waals surface area (Å²) in [6, 6.07) is 6.91. The lowest BCUT2D eigenvalue weighted by Crippen LogP contribution is -2.24. The van der Waals surface area contributed by atoms with Crippen molar-refractivity contribution in [1.29, 1.82) is 0 Å². The number of hydrogen-bond acceptors (Lipinski definition) is 5. The van der Waals surface area contributed by atoms with E-state index in [-0.39, 0.29) is 5.78 Å². The smallest absolute Gasteiger partial charge is 0.173 e. The number of carbonyl (C=O) groups excluding carboxylic acids is 1. The number of aromatic nitrogens is 1. The maximum atomic E-state index is 12.4. The lowest BCUT2D eigenvalue weighted by molar-refractivity contribution is 0.0958. The average molecular weight is 288 g/mol. The molecule has 20 heavy (non-hydrogen) atoms. The van der Waals surface area contributed by atoms with E-state index in [1.165, 1.54) is 24.2 Å². The maximum Gasteiger partial charge on any atom is 0.173 e. The lowest BCUT2D eigenvalue weighted by Gasteiger charge is -2.18. The molecule has 2 fully saturated rings. The van der Waals surface area contributed by atoms with Crippen LogP contribution in [0.25, 0.3) is 10.6 Å². The lowest BCUT2D eigenvalue weighted by atomic mass is 9.85. The third kappa shape index (κ3) is 2.11. The van der Waals surface area contributed by atoms with E-state index >= 15 is 0 Å². The van der Waals surface area contributed by atoms with Crippen molar-refractivity contribution in [3.05, 3.63) is 29.3 Å². The molecule has 4 heterocycles. The number of nitrogens with one attached hydrogen (secondary N) is 1. The predicted octanol–water partition coefficient (Wildman–Crippen LogP) is 3.12. The van der Waals surface area contributed by atoms with E-state index in [4.69, 9.17) is 4.52 Å². The van der Waals surface area contributed by atoms with Gasteiger partial charge in [0.2, 0.25) is 0 Å². The second-order valence-corrected chi connectivity index (χ2v) is 6.80. The molecule has 3 unspecified atom stereocenters. The average Bonchev–Trinajstić information content (AvgIpc) is 3.21. The Kier molecular flexibility index (Phi) is 2.97. The van der Waals surface area contributed by atoms with Crippen LogP contribution in [-0.4, -0.2) is 23.0 Å². The molecule has 5 heteroatoms. The molecule has 0 amide bonds. The monoisotopic (exact) mass is 288 g/mol. The Morgan fingerprint density at radius 2 is 2.35 bits per heavy atom. The molecule has 4 rings (SSSR count). The molecule has 2 aromatic heterocycles. The zero-order chi connectivity index (χ0) is 13.5. The number of rotatable bonds is 4. The van der Waals surface area contributed by atoms with E-state index in [1.54, 1.807) is 6.26 Å². The molecule has 2 saturated heterocycles. The molecule has 2 aromatic rings. The molecular formula is C15H16N2O2S. The van der Waals surface area contributed by atoms with Gasteiger partial charge in [-0.1, -0.05) is 5.16 Å². The quantitative estimate of drug-likeness (QED) is 0.878. The summed E-state index contributed by atoms with van der Waals surface area (Å²) in [5.74, 6) is 0.794. The highest BCUT2D eigenvalue weighted by molar-refractivity contribution is 7.17. The standard InChI is InChI=1S/C15H16N2O2S/c18-13(8-9-7-10-1-2-11(9)16-10)15-4-3-14(20-15)12-5-6-19-17-12/h3-6,9-11,16H,1-2,7-8H2. The fraction of sp³-hybridized carbons (Fsp3) is 0.467. The van der Waals surface area contributed by atoms with Crippen LogP contribution in [0.4, 0.5) is 0 Å². The van der Waals surface area contributed by atoms with E-state index in [0.717, 1.165) is 21.9 Å². The van der Waals surface area contributed by atoms with Crippen LogP contribution in [0.15, 0.2) is 29.0 Å². The zero-order valence-corrected chi connectivity index (χ0v) is 11.9. The first kappa shape index (κ1) is 12.3.